The van der Waals surface area contributed by atoms with E-state index in [1.165, 1.54) is 0 Å². The number of aryl methyl sites for hydroxylation is 1. The summed E-state index contributed by atoms with van der Waals surface area (Å²) in [7, 11) is 0. The number of nitrogens with two attached hydrogens (primary N) is 1. The first-order chi connectivity index (χ1) is 21.5. The highest BCUT2D eigenvalue weighted by molar-refractivity contribution is 7.13. The number of aromatic nitrogens is 1. The molecule has 10 nitrogen and oxygen atoms in total. The molecule has 1 aliphatic rings. The quantitative estimate of drug-likeness (QED) is 0.218. The molecule has 2 aromatic heterocycles. The summed E-state index contributed by atoms with van der Waals surface area (Å²) >= 11 is 1.60. The van der Waals surface area contributed by atoms with E-state index in [2.05, 4.69) is 15.6 Å². The fourth-order valence-electron chi connectivity index (χ4n) is 5.61. The molecule has 2 aromatic carbocycles. The summed E-state index contributed by atoms with van der Waals surface area (Å²) in [5, 5.41) is 6.70. The van der Waals surface area contributed by atoms with Gasteiger partial charge in [-0.3, -0.25) is 14.4 Å². The van der Waals surface area contributed by atoms with Crippen LogP contribution in [0.3, 0.4) is 0 Å². The van der Waals surface area contributed by atoms with E-state index in [0.717, 1.165) is 21.7 Å². The van der Waals surface area contributed by atoms with Crippen LogP contribution in [-0.2, 0) is 9.59 Å². The first kappa shape index (κ1) is 32.2. The van der Waals surface area contributed by atoms with Gasteiger partial charge < -0.3 is 30.4 Å². The number of hydrogen-bond acceptors (Lipinski definition) is 8. The van der Waals surface area contributed by atoms with Crippen molar-refractivity contribution >= 4 is 40.0 Å². The first-order valence-electron chi connectivity index (χ1n) is 15.2. The van der Waals surface area contributed by atoms with Crippen molar-refractivity contribution in [3.05, 3.63) is 71.1 Å². The summed E-state index contributed by atoms with van der Waals surface area (Å²) in [4.78, 5) is 48.0. The van der Waals surface area contributed by atoms with Gasteiger partial charge in [0, 0.05) is 18.5 Å². The minimum absolute atomic E-state index is 0.0871. The smallest absolute Gasteiger partial charge is 0.287 e. The summed E-state index contributed by atoms with van der Waals surface area (Å²) in [5.41, 5.74) is 10.3. The van der Waals surface area contributed by atoms with Crippen LogP contribution in [0.1, 0.15) is 68.4 Å². The molecule has 11 heteroatoms. The summed E-state index contributed by atoms with van der Waals surface area (Å²) in [5.74, 6) is -0.295. The van der Waals surface area contributed by atoms with E-state index in [0.29, 0.717) is 49.3 Å². The number of carbonyl (C=O) groups excluding carboxylic acids is 3. The Bertz CT molecular complexity index is 1670. The lowest BCUT2D eigenvalue weighted by atomic mass is 9.85. The predicted octanol–water partition coefficient (Wildman–Crippen LogP) is 5.22. The van der Waals surface area contributed by atoms with Crippen LogP contribution in [0.5, 0.6) is 5.75 Å². The van der Waals surface area contributed by atoms with Gasteiger partial charge in [0.1, 0.15) is 30.0 Å². The van der Waals surface area contributed by atoms with Gasteiger partial charge in [-0.05, 0) is 67.5 Å². The molecule has 5 rings (SSSR count). The maximum Gasteiger partial charge on any atom is 0.287 e. The highest BCUT2D eigenvalue weighted by atomic mass is 32.1. The molecule has 1 fully saturated rings. The molecule has 3 heterocycles. The van der Waals surface area contributed by atoms with Gasteiger partial charge in [-0.2, -0.15) is 0 Å². The van der Waals surface area contributed by atoms with Gasteiger partial charge in [0.05, 0.1) is 22.1 Å². The van der Waals surface area contributed by atoms with Crippen LogP contribution >= 0.6 is 11.3 Å². The molecule has 0 bridgehead atoms. The Morgan fingerprint density at radius 2 is 1.89 bits per heavy atom. The second kappa shape index (κ2) is 13.4. The predicted molar refractivity (Wildman–Crippen MR) is 175 cm³/mol. The molecule has 0 radical (unpaired) electrons. The van der Waals surface area contributed by atoms with Crippen LogP contribution in [0, 0.1) is 12.3 Å². The van der Waals surface area contributed by atoms with Gasteiger partial charge in [-0.25, -0.2) is 4.98 Å². The average molecular weight is 632 g/mol. The number of nitrogens with zero attached hydrogens (tertiary/aromatic N) is 2. The summed E-state index contributed by atoms with van der Waals surface area (Å²) < 4.78 is 11.4. The van der Waals surface area contributed by atoms with Crippen LogP contribution < -0.4 is 21.1 Å². The minimum atomic E-state index is -0.879. The molecule has 45 heavy (non-hydrogen) atoms. The first-order valence-corrected chi connectivity index (χ1v) is 16.1. The lowest BCUT2D eigenvalue weighted by Crippen LogP contribution is -2.57. The van der Waals surface area contributed by atoms with Gasteiger partial charge in [-0.1, -0.05) is 45.0 Å². The number of nitrogens with one attached hydrogen (secondary N) is 2. The summed E-state index contributed by atoms with van der Waals surface area (Å²) in [6, 6.07) is 13.2. The number of furan rings is 1. The van der Waals surface area contributed by atoms with Gasteiger partial charge >= 0.3 is 0 Å². The van der Waals surface area contributed by atoms with Crippen LogP contribution in [0.15, 0.2) is 58.5 Å². The van der Waals surface area contributed by atoms with Crippen molar-refractivity contribution in [2.45, 2.75) is 65.6 Å². The third-order valence-corrected chi connectivity index (χ3v) is 9.08. The van der Waals surface area contributed by atoms with Gasteiger partial charge in [0.25, 0.3) is 5.91 Å². The Morgan fingerprint density at radius 3 is 2.56 bits per heavy atom. The largest absolute Gasteiger partial charge is 0.492 e. The molecular weight excluding hydrogens is 590 g/mol. The second-order valence-electron chi connectivity index (χ2n) is 12.5. The van der Waals surface area contributed by atoms with Crippen molar-refractivity contribution in [1.29, 1.82) is 0 Å². The van der Waals surface area contributed by atoms with Crippen molar-refractivity contribution in [3.63, 3.8) is 0 Å². The van der Waals surface area contributed by atoms with Crippen LogP contribution in [0.2, 0.25) is 0 Å². The zero-order valence-corrected chi connectivity index (χ0v) is 27.2. The number of likely N-dealkylation sites (tertiary alicyclic amines) is 1. The highest BCUT2D eigenvalue weighted by Crippen LogP contribution is 2.30. The van der Waals surface area contributed by atoms with Crippen LogP contribution in [0.4, 0.5) is 0 Å². The molecule has 3 amide bonds. The second-order valence-corrected chi connectivity index (χ2v) is 13.4. The van der Waals surface area contributed by atoms with E-state index < -0.39 is 23.4 Å². The minimum Gasteiger partial charge on any atom is -0.492 e. The lowest BCUT2D eigenvalue weighted by molar-refractivity contribution is -0.142. The van der Waals surface area contributed by atoms with E-state index in [9.17, 15) is 14.4 Å². The van der Waals surface area contributed by atoms with Crippen LogP contribution in [-0.4, -0.2) is 59.4 Å². The summed E-state index contributed by atoms with van der Waals surface area (Å²) in [6.07, 6.45) is 1.25. The third kappa shape index (κ3) is 7.20. The maximum atomic E-state index is 14.0. The highest BCUT2D eigenvalue weighted by Gasteiger charge is 2.42. The summed E-state index contributed by atoms with van der Waals surface area (Å²) in [6.45, 7) is 10.8. The number of fused-ring (bicyclic) bond motifs is 1. The molecule has 238 valence electrons. The Labute approximate surface area is 267 Å². The monoisotopic (exact) mass is 631 g/mol. The van der Waals surface area contributed by atoms with E-state index in [4.69, 9.17) is 14.9 Å². The standard InChI is InChI=1S/C34H41N5O5S/c1-20(22-8-10-23(11-9-22)29-21(2)36-19-45-29)37-31(40)26-7-6-15-39(26)33(42)30(34(3,4)5)38-32(41)28-18-24-17-25(43-16-14-35)12-13-27(24)44-28/h8-13,17-20,26,30H,6-7,14-16,35H2,1-5H3,(H,37,40)(H,38,41). The van der Waals surface area contributed by atoms with Crippen LogP contribution in [0.25, 0.3) is 21.4 Å². The molecule has 0 spiro atoms. The number of rotatable bonds is 10. The number of ether oxygens (including phenoxy) is 1. The molecule has 1 aliphatic heterocycles. The van der Waals surface area contributed by atoms with Crippen molar-refractivity contribution in [2.75, 3.05) is 19.7 Å². The van der Waals surface area contributed by atoms with E-state index >= 15 is 0 Å². The fraction of sp³-hybridized carbons (Fsp3) is 0.412. The molecular formula is C34H41N5O5S. The third-order valence-electron chi connectivity index (χ3n) is 8.10. The number of amides is 3. The van der Waals surface area contributed by atoms with E-state index in [1.54, 1.807) is 40.5 Å². The Kier molecular flexibility index (Phi) is 9.59. The topological polar surface area (TPSA) is 140 Å². The zero-order chi connectivity index (χ0) is 32.3. The molecule has 4 aromatic rings. The number of thiazole rings is 1. The maximum absolute atomic E-state index is 14.0. The van der Waals surface area contributed by atoms with E-state index in [1.807, 2.05) is 64.4 Å². The molecule has 3 unspecified atom stereocenters. The molecule has 0 saturated carbocycles. The Balaban J connectivity index is 1.26. The van der Waals surface area contributed by atoms with Gasteiger partial charge in [0.15, 0.2) is 5.76 Å². The molecule has 0 aliphatic carbocycles. The van der Waals surface area contributed by atoms with Crippen molar-refractivity contribution in [2.24, 2.45) is 11.1 Å². The zero-order valence-electron chi connectivity index (χ0n) is 26.4. The number of hydrogen-bond donors (Lipinski definition) is 3. The lowest BCUT2D eigenvalue weighted by Gasteiger charge is -2.35. The average Bonchev–Trinajstić information content (AvgIpc) is 3.77. The number of benzene rings is 2. The van der Waals surface area contributed by atoms with Crippen molar-refractivity contribution in [1.82, 2.24) is 20.5 Å². The SMILES string of the molecule is Cc1ncsc1-c1ccc(C(C)NC(=O)C2CCCN2C(=O)C(NC(=O)c2cc3cc(OCCN)ccc3o2)C(C)(C)C)cc1. The van der Waals surface area contributed by atoms with Gasteiger partial charge in [-0.15, -0.1) is 11.3 Å². The van der Waals surface area contributed by atoms with Gasteiger partial charge in [0.2, 0.25) is 11.8 Å². The number of carbonyl (C=O) groups is 3. The molecule has 1 saturated heterocycles. The Morgan fingerprint density at radius 1 is 1.13 bits per heavy atom. The fourth-order valence-corrected chi connectivity index (χ4v) is 6.43. The molecule has 4 N–H and O–H groups in total. The van der Waals surface area contributed by atoms with Crippen molar-refractivity contribution in [3.8, 4) is 16.2 Å². The Hall–Kier alpha value is -4.22. The van der Waals surface area contributed by atoms with Crippen molar-refractivity contribution < 1.29 is 23.5 Å². The van der Waals surface area contributed by atoms with E-state index in [-0.39, 0.29) is 23.6 Å². The molecule has 3 atom stereocenters. The normalized spacial score (nSPS) is 16.4.